The van der Waals surface area contributed by atoms with Crippen molar-refractivity contribution in [2.75, 3.05) is 11.9 Å². The van der Waals surface area contributed by atoms with Gasteiger partial charge in [0.1, 0.15) is 11.8 Å². The van der Waals surface area contributed by atoms with Crippen LogP contribution in [0.2, 0.25) is 0 Å². The third kappa shape index (κ3) is 6.15. The van der Waals surface area contributed by atoms with Gasteiger partial charge in [0.2, 0.25) is 5.91 Å². The van der Waals surface area contributed by atoms with Gasteiger partial charge in [-0.05, 0) is 32.9 Å². The lowest BCUT2D eigenvalue weighted by Gasteiger charge is -2.21. The zero-order valence-corrected chi connectivity index (χ0v) is 14.6. The molecule has 0 aliphatic carbocycles. The van der Waals surface area contributed by atoms with Gasteiger partial charge >= 0.3 is 6.36 Å². The third-order valence-corrected chi connectivity index (χ3v) is 3.79. The van der Waals surface area contributed by atoms with E-state index in [1.54, 1.807) is 0 Å². The minimum absolute atomic E-state index is 0.0315. The molecule has 2 aromatic rings. The molecule has 2 rings (SSSR count). The summed E-state index contributed by atoms with van der Waals surface area (Å²) < 4.78 is 46.5. The second-order valence-electron chi connectivity index (χ2n) is 6.22. The molecule has 1 aromatic heterocycles. The summed E-state index contributed by atoms with van der Waals surface area (Å²) in [6, 6.07) is 2.85. The number of amides is 1. The number of nitrogens with zero attached hydrogens (tertiary/aromatic N) is 1. The van der Waals surface area contributed by atoms with Gasteiger partial charge in [-0.25, -0.2) is 4.98 Å². The van der Waals surface area contributed by atoms with Crippen molar-refractivity contribution in [1.29, 1.82) is 0 Å². The molecular weight excluding hydrogens is 359 g/mol. The molecule has 0 bridgehead atoms. The van der Waals surface area contributed by atoms with Gasteiger partial charge in [0, 0.05) is 6.07 Å². The number of nitrogens with two attached hydrogens (primary N) is 1. The molecule has 138 valence electrons. The van der Waals surface area contributed by atoms with Crippen molar-refractivity contribution in [3.8, 4) is 5.75 Å². The first-order chi connectivity index (χ1) is 11.4. The fraction of sp³-hybridized carbons (Fsp3) is 0.467. The molecule has 0 spiro atoms. The molecule has 1 atom stereocenters. The molecule has 25 heavy (non-hydrogen) atoms. The number of ether oxygens (including phenoxy) is 2. The van der Waals surface area contributed by atoms with Crippen LogP contribution in [-0.2, 0) is 9.53 Å². The maximum absolute atomic E-state index is 12.2. The largest absolute Gasteiger partial charge is 0.573 e. The molecule has 3 N–H and O–H groups in total. The van der Waals surface area contributed by atoms with E-state index in [0.717, 1.165) is 17.4 Å². The number of hydrogen-bond acceptors (Lipinski definition) is 6. The number of carbonyl (C=O) groups excluding carboxylic acids is 1. The number of fused-ring (bicyclic) bond motifs is 1. The summed E-state index contributed by atoms with van der Waals surface area (Å²) in [5.41, 5.74) is 5.77. The number of carbonyl (C=O) groups is 1. The smallest absolute Gasteiger partial charge is 0.406 e. The van der Waals surface area contributed by atoms with Gasteiger partial charge in [-0.3, -0.25) is 4.79 Å². The second-order valence-corrected chi connectivity index (χ2v) is 7.25. The fourth-order valence-corrected chi connectivity index (χ4v) is 2.67. The predicted molar refractivity (Wildman–Crippen MR) is 88.6 cm³/mol. The highest BCUT2D eigenvalue weighted by atomic mass is 32.1. The van der Waals surface area contributed by atoms with Crippen molar-refractivity contribution in [2.24, 2.45) is 5.73 Å². The van der Waals surface area contributed by atoms with E-state index in [0.29, 0.717) is 10.2 Å². The van der Waals surface area contributed by atoms with Gasteiger partial charge in [-0.1, -0.05) is 11.3 Å². The Morgan fingerprint density at radius 2 is 2.04 bits per heavy atom. The second kappa shape index (κ2) is 7.14. The van der Waals surface area contributed by atoms with Crippen LogP contribution < -0.4 is 15.8 Å². The molecular formula is C15H18F3N3O3S. The number of halogens is 3. The van der Waals surface area contributed by atoms with Crippen molar-refractivity contribution in [3.63, 3.8) is 0 Å². The zero-order chi connectivity index (χ0) is 18.8. The van der Waals surface area contributed by atoms with Crippen LogP contribution in [0.5, 0.6) is 5.75 Å². The summed E-state index contributed by atoms with van der Waals surface area (Å²) in [4.78, 5) is 16.2. The third-order valence-electron chi connectivity index (χ3n) is 2.86. The van der Waals surface area contributed by atoms with E-state index in [1.807, 2.05) is 20.8 Å². The van der Waals surface area contributed by atoms with Gasteiger partial charge in [-0.15, -0.1) is 13.2 Å². The number of rotatable bonds is 5. The van der Waals surface area contributed by atoms with Gasteiger partial charge in [0.15, 0.2) is 5.13 Å². The number of benzene rings is 1. The summed E-state index contributed by atoms with van der Waals surface area (Å²) in [6.45, 7) is 5.55. The van der Waals surface area contributed by atoms with Crippen LogP contribution in [0.4, 0.5) is 18.3 Å². The van der Waals surface area contributed by atoms with E-state index in [2.05, 4.69) is 15.0 Å². The van der Waals surface area contributed by atoms with Crippen LogP contribution in [0, 0.1) is 0 Å². The number of thiazole rings is 1. The molecule has 1 amide bonds. The average Bonchev–Trinajstić information content (AvgIpc) is 2.83. The van der Waals surface area contributed by atoms with Gasteiger partial charge in [0.25, 0.3) is 0 Å². The van der Waals surface area contributed by atoms with E-state index in [1.165, 1.54) is 12.1 Å². The van der Waals surface area contributed by atoms with E-state index in [9.17, 15) is 18.0 Å². The first kappa shape index (κ1) is 19.4. The number of nitrogens with one attached hydrogen (secondary N) is 1. The van der Waals surface area contributed by atoms with E-state index >= 15 is 0 Å². The summed E-state index contributed by atoms with van der Waals surface area (Å²) in [6.07, 6.45) is -4.77. The number of hydrogen-bond donors (Lipinski definition) is 2. The maximum Gasteiger partial charge on any atom is 0.573 e. The Labute approximate surface area is 146 Å². The van der Waals surface area contributed by atoms with Crippen molar-refractivity contribution in [1.82, 2.24) is 4.98 Å². The molecule has 0 fully saturated rings. The molecule has 0 radical (unpaired) electrons. The Morgan fingerprint density at radius 1 is 1.36 bits per heavy atom. The number of anilines is 1. The van der Waals surface area contributed by atoms with Crippen molar-refractivity contribution < 1.29 is 27.4 Å². The highest BCUT2D eigenvalue weighted by molar-refractivity contribution is 7.22. The van der Waals surface area contributed by atoms with Crippen molar-refractivity contribution in [2.45, 2.75) is 38.8 Å². The SMILES string of the molecule is CC(C)(C)OC[C@H](N)C(=O)Nc1nc2ccc(OC(F)(F)F)cc2s1. The summed E-state index contributed by atoms with van der Waals surface area (Å²) in [7, 11) is 0. The average molecular weight is 377 g/mol. The normalized spacial score (nSPS) is 13.7. The first-order valence-electron chi connectivity index (χ1n) is 7.30. The van der Waals surface area contributed by atoms with Gasteiger partial charge < -0.3 is 20.5 Å². The minimum atomic E-state index is -4.77. The first-order valence-corrected chi connectivity index (χ1v) is 8.11. The quantitative estimate of drug-likeness (QED) is 0.835. The molecule has 1 aromatic carbocycles. The topological polar surface area (TPSA) is 86.5 Å². The van der Waals surface area contributed by atoms with Crippen LogP contribution in [-0.4, -0.2) is 35.5 Å². The molecule has 6 nitrogen and oxygen atoms in total. The van der Waals surface area contributed by atoms with Crippen LogP contribution in [0.1, 0.15) is 20.8 Å². The maximum atomic E-state index is 12.2. The molecule has 0 aliphatic heterocycles. The van der Waals surface area contributed by atoms with Crippen LogP contribution in [0.15, 0.2) is 18.2 Å². The van der Waals surface area contributed by atoms with E-state index in [4.69, 9.17) is 10.5 Å². The Balaban J connectivity index is 2.05. The fourth-order valence-electron chi connectivity index (χ4n) is 1.77. The van der Waals surface area contributed by atoms with Gasteiger partial charge in [0.05, 0.1) is 22.4 Å². The Hall–Kier alpha value is -1.91. The molecule has 0 saturated carbocycles. The lowest BCUT2D eigenvalue weighted by atomic mass is 10.2. The standard InChI is InChI=1S/C15H18F3N3O3S/c1-14(2,3)23-7-9(19)12(22)21-13-20-10-5-4-8(6-11(10)25-13)24-15(16,17)18/h4-6,9H,7,19H2,1-3H3,(H,20,21,22)/t9-/m0/s1. The molecule has 10 heteroatoms. The van der Waals surface area contributed by atoms with E-state index in [-0.39, 0.29) is 17.5 Å². The van der Waals surface area contributed by atoms with Crippen LogP contribution >= 0.6 is 11.3 Å². The summed E-state index contributed by atoms with van der Waals surface area (Å²) in [5.74, 6) is -0.841. The van der Waals surface area contributed by atoms with E-state index < -0.39 is 23.9 Å². The van der Waals surface area contributed by atoms with Crippen molar-refractivity contribution >= 4 is 32.6 Å². The molecule has 0 aliphatic rings. The number of aromatic nitrogens is 1. The van der Waals surface area contributed by atoms with Crippen molar-refractivity contribution in [3.05, 3.63) is 18.2 Å². The lowest BCUT2D eigenvalue weighted by molar-refractivity contribution is -0.274. The van der Waals surface area contributed by atoms with Gasteiger partial charge in [-0.2, -0.15) is 0 Å². The molecule has 1 heterocycles. The Kier molecular flexibility index (Phi) is 5.55. The Bertz CT molecular complexity index is 756. The summed E-state index contributed by atoms with van der Waals surface area (Å²) >= 11 is 1.02. The number of alkyl halides is 3. The highest BCUT2D eigenvalue weighted by Gasteiger charge is 2.31. The highest BCUT2D eigenvalue weighted by Crippen LogP contribution is 2.31. The van der Waals surface area contributed by atoms with Crippen LogP contribution in [0.3, 0.4) is 0 Å². The monoisotopic (exact) mass is 377 g/mol. The molecule has 0 saturated heterocycles. The predicted octanol–water partition coefficient (Wildman–Crippen LogP) is 3.28. The minimum Gasteiger partial charge on any atom is -0.406 e. The summed E-state index contributed by atoms with van der Waals surface area (Å²) in [5, 5.41) is 2.77. The van der Waals surface area contributed by atoms with Crippen LogP contribution in [0.25, 0.3) is 10.2 Å². The lowest BCUT2D eigenvalue weighted by Crippen LogP contribution is -2.41. The molecule has 0 unspecified atom stereocenters. The zero-order valence-electron chi connectivity index (χ0n) is 13.8. The Morgan fingerprint density at radius 3 is 2.64 bits per heavy atom.